The maximum Gasteiger partial charge on any atom is 0.134 e. The number of anilines is 2. The minimum absolute atomic E-state index is 0.682. The summed E-state index contributed by atoms with van der Waals surface area (Å²) in [6.45, 7) is 11.5. The van der Waals surface area contributed by atoms with E-state index in [4.69, 9.17) is 0 Å². The van der Waals surface area contributed by atoms with Crippen LogP contribution in [0.15, 0.2) is 12.3 Å². The number of nitrogens with zero attached hydrogens (tertiary/aromatic N) is 4. The third kappa shape index (κ3) is 4.03. The molecular formula is C16H25N5. The number of rotatable bonds is 6. The molecule has 0 radical (unpaired) electrons. The Bertz CT molecular complexity index is 601. The molecule has 2 aromatic heterocycles. The van der Waals surface area contributed by atoms with Gasteiger partial charge in [0.25, 0.3) is 0 Å². The standard InChI is InChI=1S/C16H25N5/c1-6-14-9-16(19-13(5)18-14)20-15-10-17-21(12(15)4)8-7-11(2)3/h9-11H,6-8H2,1-5H3,(H,18,19,20). The van der Waals surface area contributed by atoms with Crippen LogP contribution in [0.2, 0.25) is 0 Å². The van der Waals surface area contributed by atoms with Crippen molar-refractivity contribution in [1.82, 2.24) is 19.7 Å². The van der Waals surface area contributed by atoms with Gasteiger partial charge in [0.05, 0.1) is 17.6 Å². The van der Waals surface area contributed by atoms with Crippen molar-refractivity contribution in [1.29, 1.82) is 0 Å². The maximum atomic E-state index is 4.46. The van der Waals surface area contributed by atoms with E-state index in [1.165, 1.54) is 0 Å². The normalized spacial score (nSPS) is 11.1. The summed E-state index contributed by atoms with van der Waals surface area (Å²) in [5, 5.41) is 7.82. The third-order valence-electron chi connectivity index (χ3n) is 3.54. The fourth-order valence-electron chi connectivity index (χ4n) is 2.19. The summed E-state index contributed by atoms with van der Waals surface area (Å²) in [5.74, 6) is 2.31. The van der Waals surface area contributed by atoms with Crippen LogP contribution in [-0.2, 0) is 13.0 Å². The molecule has 0 atom stereocenters. The zero-order valence-electron chi connectivity index (χ0n) is 13.6. The predicted octanol–water partition coefficient (Wildman–Crippen LogP) is 3.64. The molecule has 0 aliphatic carbocycles. The molecule has 0 bridgehead atoms. The number of hydrogen-bond acceptors (Lipinski definition) is 4. The quantitative estimate of drug-likeness (QED) is 0.881. The van der Waals surface area contributed by atoms with Gasteiger partial charge in [-0.05, 0) is 32.6 Å². The summed E-state index contributed by atoms with van der Waals surface area (Å²) in [6.07, 6.45) is 3.91. The van der Waals surface area contributed by atoms with E-state index in [2.05, 4.69) is 52.8 Å². The van der Waals surface area contributed by atoms with Gasteiger partial charge < -0.3 is 5.32 Å². The SMILES string of the molecule is CCc1cc(Nc2cnn(CCC(C)C)c2C)nc(C)n1. The summed E-state index contributed by atoms with van der Waals surface area (Å²) in [5.41, 5.74) is 3.21. The van der Waals surface area contributed by atoms with E-state index < -0.39 is 0 Å². The molecule has 5 nitrogen and oxygen atoms in total. The van der Waals surface area contributed by atoms with Crippen LogP contribution < -0.4 is 5.32 Å². The van der Waals surface area contributed by atoms with Gasteiger partial charge >= 0.3 is 0 Å². The highest BCUT2D eigenvalue weighted by Gasteiger charge is 2.09. The Kier molecular flexibility index (Phi) is 4.94. The second kappa shape index (κ2) is 6.70. The Balaban J connectivity index is 2.15. The minimum Gasteiger partial charge on any atom is -0.337 e. The highest BCUT2D eigenvalue weighted by molar-refractivity contribution is 5.57. The second-order valence-corrected chi connectivity index (χ2v) is 5.82. The average molecular weight is 287 g/mol. The molecule has 0 fully saturated rings. The summed E-state index contributed by atoms with van der Waals surface area (Å²) in [4.78, 5) is 8.84. The van der Waals surface area contributed by atoms with Crippen LogP contribution in [0.4, 0.5) is 11.5 Å². The van der Waals surface area contributed by atoms with Crippen molar-refractivity contribution in [3.63, 3.8) is 0 Å². The van der Waals surface area contributed by atoms with Gasteiger partial charge in [-0.15, -0.1) is 0 Å². The van der Waals surface area contributed by atoms with Gasteiger partial charge in [0.1, 0.15) is 11.6 Å². The Morgan fingerprint density at radius 1 is 1.24 bits per heavy atom. The van der Waals surface area contributed by atoms with Gasteiger partial charge in [-0.1, -0.05) is 20.8 Å². The van der Waals surface area contributed by atoms with Crippen molar-refractivity contribution in [2.75, 3.05) is 5.32 Å². The Morgan fingerprint density at radius 2 is 2.00 bits per heavy atom. The molecule has 5 heteroatoms. The lowest BCUT2D eigenvalue weighted by Gasteiger charge is -2.09. The molecule has 2 aromatic rings. The fourth-order valence-corrected chi connectivity index (χ4v) is 2.19. The topological polar surface area (TPSA) is 55.6 Å². The molecule has 0 amide bonds. The van der Waals surface area contributed by atoms with Crippen molar-refractivity contribution in [2.45, 2.75) is 54.0 Å². The van der Waals surface area contributed by atoms with E-state index in [1.807, 2.05) is 19.2 Å². The molecule has 0 aliphatic heterocycles. The van der Waals surface area contributed by atoms with Crippen LogP contribution in [0.3, 0.4) is 0 Å². The molecule has 1 N–H and O–H groups in total. The molecule has 0 aliphatic rings. The van der Waals surface area contributed by atoms with Gasteiger partial charge in [0.2, 0.25) is 0 Å². The molecule has 114 valence electrons. The van der Waals surface area contributed by atoms with Gasteiger partial charge in [-0.2, -0.15) is 5.10 Å². The van der Waals surface area contributed by atoms with E-state index in [0.717, 1.165) is 48.1 Å². The first kappa shape index (κ1) is 15.5. The summed E-state index contributed by atoms with van der Waals surface area (Å²) in [7, 11) is 0. The van der Waals surface area contributed by atoms with Crippen LogP contribution in [0.25, 0.3) is 0 Å². The number of aryl methyl sites for hydroxylation is 3. The molecule has 21 heavy (non-hydrogen) atoms. The average Bonchev–Trinajstić information content (AvgIpc) is 2.77. The highest BCUT2D eigenvalue weighted by atomic mass is 15.3. The molecule has 0 spiro atoms. The van der Waals surface area contributed by atoms with Crippen molar-refractivity contribution in [3.05, 3.63) is 29.5 Å². The van der Waals surface area contributed by atoms with E-state index >= 15 is 0 Å². The van der Waals surface area contributed by atoms with Crippen LogP contribution >= 0.6 is 0 Å². The third-order valence-corrected chi connectivity index (χ3v) is 3.54. The van der Waals surface area contributed by atoms with Gasteiger partial charge in [-0.3, -0.25) is 4.68 Å². The Hall–Kier alpha value is -1.91. The largest absolute Gasteiger partial charge is 0.337 e. The monoisotopic (exact) mass is 287 g/mol. The summed E-state index contributed by atoms with van der Waals surface area (Å²) in [6, 6.07) is 2.00. The predicted molar refractivity (Wildman–Crippen MR) is 85.8 cm³/mol. The zero-order valence-corrected chi connectivity index (χ0v) is 13.6. The molecule has 0 aromatic carbocycles. The maximum absolute atomic E-state index is 4.46. The lowest BCUT2D eigenvalue weighted by Crippen LogP contribution is -2.06. The van der Waals surface area contributed by atoms with Crippen molar-refractivity contribution in [2.24, 2.45) is 5.92 Å². The number of nitrogens with one attached hydrogen (secondary N) is 1. The zero-order chi connectivity index (χ0) is 15.4. The summed E-state index contributed by atoms with van der Waals surface area (Å²) >= 11 is 0. The molecule has 2 rings (SSSR count). The van der Waals surface area contributed by atoms with Crippen molar-refractivity contribution in [3.8, 4) is 0 Å². The van der Waals surface area contributed by atoms with Gasteiger partial charge in [-0.25, -0.2) is 9.97 Å². The van der Waals surface area contributed by atoms with Crippen LogP contribution in [0, 0.1) is 19.8 Å². The van der Waals surface area contributed by atoms with E-state index in [-0.39, 0.29) is 0 Å². The fraction of sp³-hybridized carbons (Fsp3) is 0.562. The Morgan fingerprint density at radius 3 is 2.67 bits per heavy atom. The summed E-state index contributed by atoms with van der Waals surface area (Å²) < 4.78 is 2.05. The van der Waals surface area contributed by atoms with Crippen LogP contribution in [-0.4, -0.2) is 19.7 Å². The van der Waals surface area contributed by atoms with Gasteiger partial charge in [0.15, 0.2) is 0 Å². The molecule has 0 saturated heterocycles. The first-order chi connectivity index (χ1) is 9.99. The van der Waals surface area contributed by atoms with E-state index in [9.17, 15) is 0 Å². The minimum atomic E-state index is 0.682. The first-order valence-corrected chi connectivity index (χ1v) is 7.63. The van der Waals surface area contributed by atoms with E-state index in [1.54, 1.807) is 0 Å². The van der Waals surface area contributed by atoms with Crippen molar-refractivity contribution >= 4 is 11.5 Å². The van der Waals surface area contributed by atoms with E-state index in [0.29, 0.717) is 5.92 Å². The van der Waals surface area contributed by atoms with Crippen molar-refractivity contribution < 1.29 is 0 Å². The lowest BCUT2D eigenvalue weighted by molar-refractivity contribution is 0.480. The van der Waals surface area contributed by atoms with Gasteiger partial charge in [0, 0.05) is 18.3 Å². The Labute approximate surface area is 126 Å². The second-order valence-electron chi connectivity index (χ2n) is 5.82. The first-order valence-electron chi connectivity index (χ1n) is 7.63. The number of hydrogen-bond donors (Lipinski definition) is 1. The lowest BCUT2D eigenvalue weighted by atomic mass is 10.1. The molecule has 2 heterocycles. The highest BCUT2D eigenvalue weighted by Crippen LogP contribution is 2.20. The van der Waals surface area contributed by atoms with Crippen LogP contribution in [0.1, 0.15) is 44.4 Å². The smallest absolute Gasteiger partial charge is 0.134 e. The van der Waals surface area contributed by atoms with Crippen LogP contribution in [0.5, 0.6) is 0 Å². The molecular weight excluding hydrogens is 262 g/mol. The molecule has 0 saturated carbocycles. The number of aromatic nitrogens is 4. The molecule has 0 unspecified atom stereocenters.